The second-order valence-electron chi connectivity index (χ2n) is 7.13. The molecule has 2 aliphatic heterocycles. The van der Waals surface area contributed by atoms with Crippen LogP contribution in [-0.2, 0) is 24.3 Å². The Morgan fingerprint density at radius 1 is 1.32 bits per heavy atom. The Balaban J connectivity index is 1.36. The molecule has 1 aliphatic carbocycles. The molecule has 1 aromatic rings. The van der Waals surface area contributed by atoms with Crippen LogP contribution in [0.2, 0.25) is 0 Å². The van der Waals surface area contributed by atoms with Gasteiger partial charge in [0.25, 0.3) is 5.91 Å². The zero-order valence-electron chi connectivity index (χ0n) is 14.7. The molecule has 4 N–H and O–H groups in total. The first-order chi connectivity index (χ1) is 13.3. The molecule has 3 aliphatic rings. The number of fused-ring (bicyclic) bond motifs is 4. The van der Waals surface area contributed by atoms with E-state index in [1.165, 1.54) is 4.90 Å². The lowest BCUT2D eigenvalue weighted by atomic mass is 10.0. The summed E-state index contributed by atoms with van der Waals surface area (Å²) in [6, 6.07) is 6.72. The third-order valence-electron chi connectivity index (χ3n) is 5.35. The number of piperidine rings is 1. The van der Waals surface area contributed by atoms with Gasteiger partial charge in [0.2, 0.25) is 0 Å². The molecule has 11 nitrogen and oxygen atoms in total. The van der Waals surface area contributed by atoms with Gasteiger partial charge in [0, 0.05) is 6.54 Å². The second kappa shape index (κ2) is 6.97. The van der Waals surface area contributed by atoms with Crippen molar-refractivity contribution in [2.75, 3.05) is 13.2 Å². The van der Waals surface area contributed by atoms with Crippen LogP contribution in [-0.4, -0.2) is 60.1 Å². The number of nitrogens with one attached hydrogen (secondary N) is 1. The fourth-order valence-electron chi connectivity index (χ4n) is 4.02. The number of hydroxylamine groups is 3. The molecular formula is C16H20N4O7S. The zero-order chi connectivity index (χ0) is 20.1. The average Bonchev–Trinajstić information content (AvgIpc) is 3.40. The van der Waals surface area contributed by atoms with Gasteiger partial charge >= 0.3 is 16.4 Å². The Bertz CT molecular complexity index is 880. The monoisotopic (exact) mass is 412 g/mol. The van der Waals surface area contributed by atoms with Crippen molar-refractivity contribution in [1.29, 1.82) is 0 Å². The maximum Gasteiger partial charge on any atom is 0.418 e. The highest BCUT2D eigenvalue weighted by molar-refractivity contribution is 7.80. The highest BCUT2D eigenvalue weighted by Crippen LogP contribution is 2.53. The number of carbonyl (C=O) groups excluding carboxylic acids is 2. The van der Waals surface area contributed by atoms with Crippen LogP contribution in [0, 0.1) is 11.8 Å². The van der Waals surface area contributed by atoms with Crippen molar-refractivity contribution in [2.45, 2.75) is 24.5 Å². The van der Waals surface area contributed by atoms with Crippen LogP contribution in [0.1, 0.15) is 18.0 Å². The number of nitrogens with zero attached hydrogens (tertiary/aromatic N) is 2. The fraction of sp³-hybridized carbons (Fsp3) is 0.500. The first kappa shape index (κ1) is 19.1. The SMILES string of the molecule is NC(CONC(=O)[C@@H]1C2CC2[C@@H]2CN1C(=O)N2OS(=O)(=O)O)c1ccccc1. The van der Waals surface area contributed by atoms with Crippen molar-refractivity contribution in [2.24, 2.45) is 17.6 Å². The smallest absolute Gasteiger partial charge is 0.322 e. The molecule has 0 aromatic heterocycles. The van der Waals surface area contributed by atoms with E-state index in [2.05, 4.69) is 9.76 Å². The summed E-state index contributed by atoms with van der Waals surface area (Å²) in [6.45, 7) is 0.183. The maximum absolute atomic E-state index is 12.6. The molecule has 0 spiro atoms. The summed E-state index contributed by atoms with van der Waals surface area (Å²) in [4.78, 5) is 31.5. The molecule has 1 aromatic carbocycles. The number of urea groups is 1. The number of nitrogens with two attached hydrogens (primary N) is 1. The summed E-state index contributed by atoms with van der Waals surface area (Å²) in [5, 5.41) is 0.638. The van der Waals surface area contributed by atoms with Crippen LogP contribution in [0.5, 0.6) is 0 Å². The Morgan fingerprint density at radius 2 is 2.04 bits per heavy atom. The molecule has 2 heterocycles. The van der Waals surface area contributed by atoms with Gasteiger partial charge in [0.15, 0.2) is 0 Å². The van der Waals surface area contributed by atoms with Gasteiger partial charge in [-0.2, -0.15) is 13.5 Å². The van der Waals surface area contributed by atoms with E-state index < -0.39 is 40.5 Å². The number of benzene rings is 1. The van der Waals surface area contributed by atoms with Crippen LogP contribution < -0.4 is 11.2 Å². The molecule has 0 radical (unpaired) electrons. The van der Waals surface area contributed by atoms with Gasteiger partial charge in [0.1, 0.15) is 6.04 Å². The average molecular weight is 412 g/mol. The summed E-state index contributed by atoms with van der Waals surface area (Å²) >= 11 is 0. The number of carbonyl (C=O) groups is 2. The van der Waals surface area contributed by atoms with Crippen LogP contribution in [0.15, 0.2) is 30.3 Å². The highest BCUT2D eigenvalue weighted by Gasteiger charge is 2.65. The Hall–Kier alpha value is -2.25. The van der Waals surface area contributed by atoms with Crippen LogP contribution in [0.3, 0.4) is 0 Å². The summed E-state index contributed by atoms with van der Waals surface area (Å²) in [7, 11) is -4.83. The Labute approximate surface area is 161 Å². The zero-order valence-corrected chi connectivity index (χ0v) is 15.5. The summed E-state index contributed by atoms with van der Waals surface area (Å²) in [5.41, 5.74) is 9.20. The molecule has 28 heavy (non-hydrogen) atoms. The van der Waals surface area contributed by atoms with E-state index >= 15 is 0 Å². The molecule has 3 unspecified atom stereocenters. The van der Waals surface area contributed by atoms with Crippen LogP contribution in [0.25, 0.3) is 0 Å². The van der Waals surface area contributed by atoms with Crippen molar-refractivity contribution >= 4 is 22.3 Å². The third kappa shape index (κ3) is 3.56. The standard InChI is InChI=1S/C16H20N4O7S/c17-12(9-4-2-1-3-5-9)8-26-18-15(21)14-11-6-10(11)13-7-19(14)16(22)20(13)27-28(23,24)25/h1-5,10-14H,6-8,17H2,(H,18,21)(H,23,24,25)/t10?,11?,12?,13-,14-/m0/s1. The van der Waals surface area contributed by atoms with Gasteiger partial charge in [0.05, 0.1) is 18.7 Å². The minimum absolute atomic E-state index is 0.0468. The first-order valence-electron chi connectivity index (χ1n) is 8.75. The van der Waals surface area contributed by atoms with Crippen molar-refractivity contribution < 1.29 is 31.7 Å². The predicted octanol–water partition coefficient (Wildman–Crippen LogP) is -0.407. The molecule has 3 fully saturated rings. The lowest BCUT2D eigenvalue weighted by molar-refractivity contribution is -0.139. The Morgan fingerprint density at radius 3 is 2.71 bits per heavy atom. The fourth-order valence-corrected chi connectivity index (χ4v) is 4.40. The lowest BCUT2D eigenvalue weighted by Crippen LogP contribution is -2.51. The molecular weight excluding hydrogens is 392 g/mol. The number of hydrogen-bond acceptors (Lipinski definition) is 7. The molecule has 152 valence electrons. The minimum Gasteiger partial charge on any atom is -0.322 e. The van der Waals surface area contributed by atoms with Gasteiger partial charge in [-0.3, -0.25) is 14.2 Å². The second-order valence-corrected chi connectivity index (χ2v) is 8.14. The van der Waals surface area contributed by atoms with Crippen molar-refractivity contribution in [1.82, 2.24) is 15.4 Å². The quantitative estimate of drug-likeness (QED) is 0.404. The summed E-state index contributed by atoms with van der Waals surface area (Å²) < 4.78 is 35.3. The van der Waals surface area contributed by atoms with E-state index in [1.807, 2.05) is 30.3 Å². The lowest BCUT2D eigenvalue weighted by Gasteiger charge is -2.28. The van der Waals surface area contributed by atoms with Gasteiger partial charge in [-0.15, -0.1) is 4.28 Å². The molecule has 12 heteroatoms. The molecule has 4 rings (SSSR count). The van der Waals surface area contributed by atoms with E-state index in [0.29, 0.717) is 11.5 Å². The third-order valence-corrected chi connectivity index (χ3v) is 5.70. The highest BCUT2D eigenvalue weighted by atomic mass is 32.3. The summed E-state index contributed by atoms with van der Waals surface area (Å²) in [5.74, 6) is -0.705. The van der Waals surface area contributed by atoms with Gasteiger partial charge in [-0.1, -0.05) is 30.3 Å². The van der Waals surface area contributed by atoms with Crippen molar-refractivity contribution in [3.05, 3.63) is 35.9 Å². The van der Waals surface area contributed by atoms with Crippen molar-refractivity contribution in [3.63, 3.8) is 0 Å². The first-order valence-corrected chi connectivity index (χ1v) is 10.1. The van der Waals surface area contributed by atoms with Crippen LogP contribution in [0.4, 0.5) is 4.79 Å². The number of rotatable bonds is 7. The van der Waals surface area contributed by atoms with E-state index in [-0.39, 0.29) is 25.0 Å². The topological polar surface area (TPSA) is 151 Å². The molecule has 2 saturated heterocycles. The summed E-state index contributed by atoms with van der Waals surface area (Å²) in [6.07, 6.45) is 0.640. The largest absolute Gasteiger partial charge is 0.418 e. The normalized spacial score (nSPS) is 29.4. The van der Waals surface area contributed by atoms with Gasteiger partial charge in [-0.25, -0.2) is 10.3 Å². The molecule has 3 amide bonds. The minimum atomic E-state index is -4.83. The van der Waals surface area contributed by atoms with Crippen molar-refractivity contribution in [3.8, 4) is 0 Å². The van der Waals surface area contributed by atoms with E-state index in [4.69, 9.17) is 15.1 Å². The van der Waals surface area contributed by atoms with E-state index in [0.717, 1.165) is 5.56 Å². The predicted molar refractivity (Wildman–Crippen MR) is 93.2 cm³/mol. The van der Waals surface area contributed by atoms with Crippen LogP contribution >= 0.6 is 0 Å². The van der Waals surface area contributed by atoms with E-state index in [9.17, 15) is 18.0 Å². The number of amides is 3. The Kier molecular flexibility index (Phi) is 4.75. The van der Waals surface area contributed by atoms with Gasteiger partial charge < -0.3 is 10.6 Å². The molecule has 1 saturated carbocycles. The van der Waals surface area contributed by atoms with Gasteiger partial charge in [-0.05, 0) is 23.8 Å². The molecule has 2 bridgehead atoms. The molecule has 5 atom stereocenters. The maximum atomic E-state index is 12.6. The number of hydrogen-bond donors (Lipinski definition) is 3. The van der Waals surface area contributed by atoms with E-state index in [1.54, 1.807) is 0 Å².